The van der Waals surface area contributed by atoms with Crippen LogP contribution in [0, 0.1) is 10.1 Å². The molecule has 0 saturated carbocycles. The van der Waals surface area contributed by atoms with Crippen molar-refractivity contribution in [1.29, 1.82) is 0 Å². The molecule has 1 rings (SSSR count). The number of anilines is 1. The number of hydrogen-bond donors (Lipinski definition) is 3. The maximum absolute atomic E-state index is 11.3. The number of carbonyl (C=O) groups excluding carboxylic acids is 1. The number of nitrogens with two attached hydrogens (primary N) is 1. The number of hydrogen-bond acceptors (Lipinski definition) is 5. The molecular weight excluding hydrogens is 214 g/mol. The first-order valence-corrected chi connectivity index (χ1v) is 4.46. The number of nitro groups is 1. The van der Waals surface area contributed by atoms with Gasteiger partial charge in [0.25, 0.3) is 5.69 Å². The second-order valence-electron chi connectivity index (χ2n) is 3.21. The summed E-state index contributed by atoms with van der Waals surface area (Å²) >= 11 is 0. The first-order chi connectivity index (χ1) is 7.43. The Labute approximate surface area is 91.0 Å². The van der Waals surface area contributed by atoms with Gasteiger partial charge in [-0.1, -0.05) is 6.07 Å². The highest BCUT2D eigenvalue weighted by Crippen LogP contribution is 2.32. The summed E-state index contributed by atoms with van der Waals surface area (Å²) in [5.74, 6) is -0.979. The Hall–Kier alpha value is -2.15. The Kier molecular flexibility index (Phi) is 3.41. The summed E-state index contributed by atoms with van der Waals surface area (Å²) in [5.41, 5.74) is 4.68. The summed E-state index contributed by atoms with van der Waals surface area (Å²) < 4.78 is 0. The maximum Gasteiger partial charge on any atom is 0.296 e. The Morgan fingerprint density at radius 2 is 2.25 bits per heavy atom. The summed E-state index contributed by atoms with van der Waals surface area (Å²) in [6.07, 6.45) is 0. The zero-order chi connectivity index (χ0) is 12.3. The molecular formula is C9H11N3O4. The predicted octanol–water partition coefficient (Wildman–Crippen LogP) is 0.586. The third kappa shape index (κ3) is 2.45. The van der Waals surface area contributed by atoms with Gasteiger partial charge in [0.05, 0.1) is 11.0 Å². The molecule has 0 heterocycles. The summed E-state index contributed by atoms with van der Waals surface area (Å²) in [6.45, 7) is 1.43. The predicted molar refractivity (Wildman–Crippen MR) is 57.0 cm³/mol. The van der Waals surface area contributed by atoms with Gasteiger partial charge in [-0.25, -0.2) is 0 Å². The van der Waals surface area contributed by atoms with Crippen LogP contribution in [0.5, 0.6) is 5.75 Å². The zero-order valence-electron chi connectivity index (χ0n) is 8.51. The minimum atomic E-state index is -0.820. The van der Waals surface area contributed by atoms with Gasteiger partial charge in [0.15, 0.2) is 5.69 Å². The Morgan fingerprint density at radius 3 is 2.75 bits per heavy atom. The summed E-state index contributed by atoms with van der Waals surface area (Å²) in [7, 11) is 0. The van der Waals surface area contributed by atoms with E-state index in [1.54, 1.807) is 0 Å². The average Bonchev–Trinajstić information content (AvgIpc) is 2.20. The molecule has 0 bridgehead atoms. The van der Waals surface area contributed by atoms with Gasteiger partial charge in [-0.3, -0.25) is 14.9 Å². The molecule has 1 aromatic carbocycles. The number of amides is 1. The number of nitro benzene ring substituents is 1. The molecule has 0 unspecified atom stereocenters. The van der Waals surface area contributed by atoms with Gasteiger partial charge in [0.1, 0.15) is 5.75 Å². The van der Waals surface area contributed by atoms with Crippen molar-refractivity contribution < 1.29 is 14.8 Å². The van der Waals surface area contributed by atoms with Gasteiger partial charge in [0.2, 0.25) is 5.91 Å². The van der Waals surface area contributed by atoms with Gasteiger partial charge < -0.3 is 16.2 Å². The number of carbonyl (C=O) groups is 1. The van der Waals surface area contributed by atoms with Crippen molar-refractivity contribution in [3.63, 3.8) is 0 Å². The van der Waals surface area contributed by atoms with E-state index in [4.69, 9.17) is 5.73 Å². The highest BCUT2D eigenvalue weighted by atomic mass is 16.6. The fraction of sp³-hybridized carbons (Fsp3) is 0.222. The molecule has 4 N–H and O–H groups in total. The summed E-state index contributed by atoms with van der Waals surface area (Å²) in [4.78, 5) is 21.2. The van der Waals surface area contributed by atoms with E-state index >= 15 is 0 Å². The average molecular weight is 225 g/mol. The molecule has 0 aliphatic carbocycles. The highest BCUT2D eigenvalue weighted by Gasteiger charge is 2.20. The first kappa shape index (κ1) is 11.9. The van der Waals surface area contributed by atoms with Crippen LogP contribution in [0.3, 0.4) is 0 Å². The number of phenols is 1. The Balaban J connectivity index is 3.11. The van der Waals surface area contributed by atoms with E-state index in [1.165, 1.54) is 25.1 Å². The number of rotatable bonds is 3. The van der Waals surface area contributed by atoms with E-state index in [0.717, 1.165) is 0 Å². The third-order valence-corrected chi connectivity index (χ3v) is 1.88. The SMILES string of the molecule is C[C@@H](N)C(=O)Nc1c(O)cccc1[N+](=O)[O-]. The van der Waals surface area contributed by atoms with Crippen molar-refractivity contribution in [3.8, 4) is 5.75 Å². The molecule has 86 valence electrons. The van der Waals surface area contributed by atoms with Gasteiger partial charge in [-0.15, -0.1) is 0 Å². The monoisotopic (exact) mass is 225 g/mol. The molecule has 0 saturated heterocycles. The van der Waals surface area contributed by atoms with Crippen LogP contribution in [0.4, 0.5) is 11.4 Å². The molecule has 0 aliphatic rings. The number of nitrogens with one attached hydrogen (secondary N) is 1. The standard InChI is InChI=1S/C9H11N3O4/c1-5(10)9(14)11-8-6(12(15)16)3-2-4-7(8)13/h2-5,13H,10H2,1H3,(H,11,14)/t5-/m1/s1. The second-order valence-corrected chi connectivity index (χ2v) is 3.21. The number of phenolic OH excluding ortho intramolecular Hbond substituents is 1. The van der Waals surface area contributed by atoms with Crippen molar-refractivity contribution in [3.05, 3.63) is 28.3 Å². The van der Waals surface area contributed by atoms with Crippen LogP contribution in [0.1, 0.15) is 6.92 Å². The van der Waals surface area contributed by atoms with Crippen LogP contribution in [0.25, 0.3) is 0 Å². The van der Waals surface area contributed by atoms with Crippen molar-refractivity contribution in [2.45, 2.75) is 13.0 Å². The van der Waals surface area contributed by atoms with E-state index in [-0.39, 0.29) is 17.1 Å². The molecule has 16 heavy (non-hydrogen) atoms. The van der Waals surface area contributed by atoms with Crippen molar-refractivity contribution in [2.24, 2.45) is 5.73 Å². The second kappa shape index (κ2) is 4.58. The van der Waals surface area contributed by atoms with E-state index in [2.05, 4.69) is 5.32 Å². The molecule has 1 aromatic rings. The van der Waals surface area contributed by atoms with Crippen LogP contribution in [-0.2, 0) is 4.79 Å². The van der Waals surface area contributed by atoms with E-state index < -0.39 is 16.9 Å². The van der Waals surface area contributed by atoms with Crippen molar-refractivity contribution in [1.82, 2.24) is 0 Å². The van der Waals surface area contributed by atoms with Crippen molar-refractivity contribution in [2.75, 3.05) is 5.32 Å². The number of aromatic hydroxyl groups is 1. The first-order valence-electron chi connectivity index (χ1n) is 4.46. The largest absolute Gasteiger partial charge is 0.505 e. The van der Waals surface area contributed by atoms with Crippen LogP contribution < -0.4 is 11.1 Å². The summed E-state index contributed by atoms with van der Waals surface area (Å²) in [6, 6.07) is 2.91. The van der Waals surface area contributed by atoms with Crippen LogP contribution in [0.15, 0.2) is 18.2 Å². The maximum atomic E-state index is 11.3. The van der Waals surface area contributed by atoms with E-state index in [1.807, 2.05) is 0 Å². The lowest BCUT2D eigenvalue weighted by Gasteiger charge is -2.09. The normalized spacial score (nSPS) is 11.9. The van der Waals surface area contributed by atoms with Gasteiger partial charge in [0, 0.05) is 6.07 Å². The lowest BCUT2D eigenvalue weighted by atomic mass is 10.2. The van der Waals surface area contributed by atoms with Crippen molar-refractivity contribution >= 4 is 17.3 Å². The Bertz CT molecular complexity index is 431. The topological polar surface area (TPSA) is 118 Å². The third-order valence-electron chi connectivity index (χ3n) is 1.88. The molecule has 0 fully saturated rings. The van der Waals surface area contributed by atoms with Gasteiger partial charge >= 0.3 is 0 Å². The quantitative estimate of drug-likeness (QED) is 0.395. The minimum absolute atomic E-state index is 0.241. The van der Waals surface area contributed by atoms with Crippen LogP contribution in [-0.4, -0.2) is 22.0 Å². The molecule has 0 aromatic heterocycles. The van der Waals surface area contributed by atoms with Crippen LogP contribution >= 0.6 is 0 Å². The molecule has 0 aliphatic heterocycles. The fourth-order valence-corrected chi connectivity index (χ4v) is 1.05. The highest BCUT2D eigenvalue weighted by molar-refractivity contribution is 5.97. The minimum Gasteiger partial charge on any atom is -0.505 e. The number of benzene rings is 1. The zero-order valence-corrected chi connectivity index (χ0v) is 8.51. The van der Waals surface area contributed by atoms with Crippen LogP contribution in [0.2, 0.25) is 0 Å². The van der Waals surface area contributed by atoms with Gasteiger partial charge in [-0.2, -0.15) is 0 Å². The molecule has 0 radical (unpaired) electrons. The van der Waals surface area contributed by atoms with E-state index in [0.29, 0.717) is 0 Å². The molecule has 0 spiro atoms. The lowest BCUT2D eigenvalue weighted by Crippen LogP contribution is -2.32. The Morgan fingerprint density at radius 1 is 1.62 bits per heavy atom. The molecule has 7 nitrogen and oxygen atoms in total. The number of para-hydroxylation sites is 1. The molecule has 1 atom stereocenters. The summed E-state index contributed by atoms with van der Waals surface area (Å²) in [5, 5.41) is 22.3. The lowest BCUT2D eigenvalue weighted by molar-refractivity contribution is -0.384. The smallest absolute Gasteiger partial charge is 0.296 e. The van der Waals surface area contributed by atoms with Gasteiger partial charge in [-0.05, 0) is 13.0 Å². The fourth-order valence-electron chi connectivity index (χ4n) is 1.05. The molecule has 7 heteroatoms. The van der Waals surface area contributed by atoms with E-state index in [9.17, 15) is 20.0 Å². The molecule has 1 amide bonds. The number of nitrogens with zero attached hydrogens (tertiary/aromatic N) is 1.